The zero-order chi connectivity index (χ0) is 10.1. The smallest absolute Gasteiger partial charge is 0.137 e. The molecule has 0 fully saturated rings. The third-order valence-electron chi connectivity index (χ3n) is 3.08. The largest absolute Gasteiger partial charge is 0.327 e. The summed E-state index contributed by atoms with van der Waals surface area (Å²) in [5.41, 5.74) is 5.88. The highest BCUT2D eigenvalue weighted by molar-refractivity contribution is 5.05. The molecule has 2 unspecified atom stereocenters. The number of fused-ring (bicyclic) bond motifs is 1. The molecular weight excluding hydrogens is 176 g/mol. The molecular formula is C10H18N4. The van der Waals surface area contributed by atoms with Gasteiger partial charge in [0, 0.05) is 24.9 Å². The van der Waals surface area contributed by atoms with E-state index < -0.39 is 0 Å². The van der Waals surface area contributed by atoms with Gasteiger partial charge in [0.25, 0.3) is 0 Å². The van der Waals surface area contributed by atoms with Crippen molar-refractivity contribution in [3.05, 3.63) is 11.6 Å². The van der Waals surface area contributed by atoms with E-state index in [9.17, 15) is 0 Å². The van der Waals surface area contributed by atoms with Crippen molar-refractivity contribution in [3.63, 3.8) is 0 Å². The first-order valence-electron chi connectivity index (χ1n) is 5.37. The van der Waals surface area contributed by atoms with Crippen LogP contribution in [0.2, 0.25) is 0 Å². The molecule has 0 saturated heterocycles. The van der Waals surface area contributed by atoms with Crippen molar-refractivity contribution in [2.45, 2.75) is 51.6 Å². The van der Waals surface area contributed by atoms with Crippen molar-refractivity contribution >= 4 is 0 Å². The summed E-state index contributed by atoms with van der Waals surface area (Å²) in [6.45, 7) is 5.21. The van der Waals surface area contributed by atoms with E-state index in [1.807, 2.05) is 6.92 Å². The predicted molar refractivity (Wildman–Crippen MR) is 55.0 cm³/mol. The molecule has 0 aromatic carbocycles. The molecule has 0 radical (unpaired) electrons. The van der Waals surface area contributed by atoms with Crippen LogP contribution in [0.3, 0.4) is 0 Å². The number of hydrogen-bond acceptors (Lipinski definition) is 3. The molecule has 4 heteroatoms. The third-order valence-corrected chi connectivity index (χ3v) is 3.08. The first kappa shape index (κ1) is 9.65. The Morgan fingerprint density at radius 2 is 2.07 bits per heavy atom. The van der Waals surface area contributed by atoms with E-state index in [1.165, 1.54) is 12.8 Å². The minimum Gasteiger partial charge on any atom is -0.327 e. The Hall–Kier alpha value is -0.900. The topological polar surface area (TPSA) is 56.7 Å². The quantitative estimate of drug-likeness (QED) is 0.766. The van der Waals surface area contributed by atoms with Crippen LogP contribution in [-0.4, -0.2) is 20.8 Å². The lowest BCUT2D eigenvalue weighted by atomic mass is 10.0. The fourth-order valence-corrected chi connectivity index (χ4v) is 1.90. The van der Waals surface area contributed by atoms with E-state index in [4.69, 9.17) is 5.73 Å². The number of aryl methyl sites for hydroxylation is 1. The average molecular weight is 194 g/mol. The van der Waals surface area contributed by atoms with Gasteiger partial charge in [0.2, 0.25) is 0 Å². The fraction of sp³-hybridized carbons (Fsp3) is 0.800. The second-order valence-corrected chi connectivity index (χ2v) is 4.23. The number of rotatable bonds is 2. The minimum absolute atomic E-state index is 0.144. The van der Waals surface area contributed by atoms with Crippen molar-refractivity contribution in [3.8, 4) is 0 Å². The molecule has 2 atom stereocenters. The lowest BCUT2D eigenvalue weighted by Gasteiger charge is -2.19. The number of hydrogen-bond donors (Lipinski definition) is 1. The van der Waals surface area contributed by atoms with E-state index in [1.54, 1.807) is 0 Å². The summed E-state index contributed by atoms with van der Waals surface area (Å²) in [7, 11) is 0. The van der Waals surface area contributed by atoms with Gasteiger partial charge in [0.05, 0.1) is 0 Å². The maximum absolute atomic E-state index is 5.88. The van der Waals surface area contributed by atoms with Gasteiger partial charge in [-0.3, -0.25) is 0 Å². The molecule has 2 N–H and O–H groups in total. The summed E-state index contributed by atoms with van der Waals surface area (Å²) in [6, 6.07) is 0.144. The molecule has 1 aromatic rings. The van der Waals surface area contributed by atoms with Crippen molar-refractivity contribution in [1.29, 1.82) is 0 Å². The van der Waals surface area contributed by atoms with Crippen molar-refractivity contribution in [2.24, 2.45) is 5.73 Å². The van der Waals surface area contributed by atoms with Crippen molar-refractivity contribution in [2.75, 3.05) is 0 Å². The molecule has 0 spiro atoms. The van der Waals surface area contributed by atoms with E-state index in [-0.39, 0.29) is 6.04 Å². The molecule has 0 amide bonds. The van der Waals surface area contributed by atoms with E-state index >= 15 is 0 Å². The van der Waals surface area contributed by atoms with Crippen LogP contribution >= 0.6 is 0 Å². The highest BCUT2D eigenvalue weighted by Crippen LogP contribution is 2.21. The second-order valence-electron chi connectivity index (χ2n) is 4.23. The van der Waals surface area contributed by atoms with Gasteiger partial charge in [-0.25, -0.2) is 0 Å². The molecule has 2 rings (SSSR count). The van der Waals surface area contributed by atoms with Crippen LogP contribution in [-0.2, 0) is 13.0 Å². The summed E-state index contributed by atoms with van der Waals surface area (Å²) in [5, 5.41) is 8.47. The van der Waals surface area contributed by atoms with E-state index in [2.05, 4.69) is 21.7 Å². The highest BCUT2D eigenvalue weighted by Gasteiger charge is 2.21. The maximum atomic E-state index is 5.88. The van der Waals surface area contributed by atoms with Crippen molar-refractivity contribution in [1.82, 2.24) is 14.8 Å². The van der Waals surface area contributed by atoms with Gasteiger partial charge in [-0.1, -0.05) is 6.92 Å². The van der Waals surface area contributed by atoms with Gasteiger partial charge in [-0.05, 0) is 19.8 Å². The Balaban J connectivity index is 2.30. The first-order chi connectivity index (χ1) is 6.70. The molecule has 1 aliphatic rings. The number of nitrogens with two attached hydrogens (primary N) is 1. The second kappa shape index (κ2) is 3.69. The fourth-order valence-electron chi connectivity index (χ4n) is 1.90. The molecule has 1 aromatic heterocycles. The van der Waals surface area contributed by atoms with Crippen LogP contribution in [0.25, 0.3) is 0 Å². The molecule has 2 heterocycles. The minimum atomic E-state index is 0.144. The SMILES string of the molecule is CC(N)C(C)c1nnc2n1CCCC2. The zero-order valence-electron chi connectivity index (χ0n) is 8.90. The predicted octanol–water partition coefficient (Wildman–Crippen LogP) is 1.07. The molecule has 0 saturated carbocycles. The van der Waals surface area contributed by atoms with Gasteiger partial charge >= 0.3 is 0 Å². The van der Waals surface area contributed by atoms with Crippen LogP contribution in [0.5, 0.6) is 0 Å². The van der Waals surface area contributed by atoms with Gasteiger partial charge in [0.15, 0.2) is 0 Å². The monoisotopic (exact) mass is 194 g/mol. The maximum Gasteiger partial charge on any atom is 0.137 e. The normalized spacial score (nSPS) is 20.2. The average Bonchev–Trinajstić information content (AvgIpc) is 2.60. The number of aromatic nitrogens is 3. The van der Waals surface area contributed by atoms with E-state index in [0.29, 0.717) is 5.92 Å². The Labute approximate surface area is 84.5 Å². The summed E-state index contributed by atoms with van der Waals surface area (Å²) in [5.74, 6) is 2.50. The highest BCUT2D eigenvalue weighted by atomic mass is 15.3. The zero-order valence-corrected chi connectivity index (χ0v) is 8.90. The van der Waals surface area contributed by atoms with Gasteiger partial charge in [0.1, 0.15) is 11.6 Å². The first-order valence-corrected chi connectivity index (χ1v) is 5.37. The van der Waals surface area contributed by atoms with Crippen LogP contribution < -0.4 is 5.73 Å². The molecule has 0 bridgehead atoms. The van der Waals surface area contributed by atoms with E-state index in [0.717, 1.165) is 24.6 Å². The Kier molecular flexibility index (Phi) is 2.54. The summed E-state index contributed by atoms with van der Waals surface area (Å²) >= 11 is 0. The molecule has 1 aliphatic heterocycles. The Morgan fingerprint density at radius 1 is 1.29 bits per heavy atom. The van der Waals surface area contributed by atoms with Crippen molar-refractivity contribution < 1.29 is 0 Å². The van der Waals surface area contributed by atoms with Crippen LogP contribution in [0.4, 0.5) is 0 Å². The molecule has 78 valence electrons. The Morgan fingerprint density at radius 3 is 2.79 bits per heavy atom. The summed E-state index contributed by atoms with van der Waals surface area (Å²) in [6.07, 6.45) is 3.55. The lowest BCUT2D eigenvalue weighted by Crippen LogP contribution is -2.26. The lowest BCUT2D eigenvalue weighted by molar-refractivity contribution is 0.476. The van der Waals surface area contributed by atoms with Crippen LogP contribution in [0.1, 0.15) is 44.3 Å². The molecule has 14 heavy (non-hydrogen) atoms. The molecule has 4 nitrogen and oxygen atoms in total. The summed E-state index contributed by atoms with van der Waals surface area (Å²) in [4.78, 5) is 0. The van der Waals surface area contributed by atoms with Crippen LogP contribution in [0.15, 0.2) is 0 Å². The molecule has 0 aliphatic carbocycles. The van der Waals surface area contributed by atoms with Gasteiger partial charge in [-0.15, -0.1) is 10.2 Å². The third kappa shape index (κ3) is 1.54. The standard InChI is InChI=1S/C10H18N4/c1-7(8(2)11)10-13-12-9-5-3-4-6-14(9)10/h7-8H,3-6,11H2,1-2H3. The van der Waals surface area contributed by atoms with Gasteiger partial charge in [-0.2, -0.15) is 0 Å². The van der Waals surface area contributed by atoms with Gasteiger partial charge < -0.3 is 10.3 Å². The van der Waals surface area contributed by atoms with Crippen LogP contribution in [0, 0.1) is 0 Å². The Bertz CT molecular complexity index is 316. The summed E-state index contributed by atoms with van der Waals surface area (Å²) < 4.78 is 2.25. The number of nitrogens with zero attached hydrogens (tertiary/aromatic N) is 3.